The summed E-state index contributed by atoms with van der Waals surface area (Å²) in [5.41, 5.74) is 0. The maximum atomic E-state index is 11.4. The highest BCUT2D eigenvalue weighted by atomic mass is 16.5. The van der Waals surface area contributed by atoms with E-state index in [1.807, 2.05) is 13.8 Å². The second kappa shape index (κ2) is 6.05. The molecule has 0 aliphatic carbocycles. The number of nitrogens with one attached hydrogen (secondary N) is 1. The number of hydrogen-bond acceptors (Lipinski definition) is 4. The lowest BCUT2D eigenvalue weighted by Gasteiger charge is -2.34. The molecule has 2 N–H and O–H groups in total. The SMILES string of the molecule is C[C@@H]1CN(CC(=O)NCCO)C[C@H](C)O1. The van der Waals surface area contributed by atoms with Gasteiger partial charge in [0.15, 0.2) is 0 Å². The molecule has 15 heavy (non-hydrogen) atoms. The van der Waals surface area contributed by atoms with E-state index in [1.54, 1.807) is 0 Å². The number of ether oxygens (including phenoxy) is 1. The molecule has 1 saturated heterocycles. The Morgan fingerprint density at radius 3 is 2.60 bits per heavy atom. The van der Waals surface area contributed by atoms with Gasteiger partial charge in [-0.05, 0) is 13.8 Å². The van der Waals surface area contributed by atoms with Crippen molar-refractivity contribution in [2.24, 2.45) is 0 Å². The predicted molar refractivity (Wildman–Crippen MR) is 56.5 cm³/mol. The summed E-state index contributed by atoms with van der Waals surface area (Å²) in [6, 6.07) is 0. The number of amides is 1. The van der Waals surface area contributed by atoms with Crippen LogP contribution in [0.3, 0.4) is 0 Å². The first-order valence-electron chi connectivity index (χ1n) is 5.37. The standard InChI is InChI=1S/C10H20N2O3/c1-8-5-12(6-9(2)15-8)7-10(14)11-3-4-13/h8-9,13H,3-7H2,1-2H3,(H,11,14)/t8-,9+. The van der Waals surface area contributed by atoms with Crippen LogP contribution in [0.5, 0.6) is 0 Å². The van der Waals surface area contributed by atoms with E-state index in [1.165, 1.54) is 0 Å². The van der Waals surface area contributed by atoms with Gasteiger partial charge in [-0.3, -0.25) is 9.69 Å². The quantitative estimate of drug-likeness (QED) is 0.646. The minimum absolute atomic E-state index is 0.0122. The van der Waals surface area contributed by atoms with Crippen LogP contribution in [0.4, 0.5) is 0 Å². The van der Waals surface area contributed by atoms with Crippen molar-refractivity contribution in [3.63, 3.8) is 0 Å². The fraction of sp³-hybridized carbons (Fsp3) is 0.900. The number of aliphatic hydroxyl groups is 1. The third-order valence-electron chi connectivity index (χ3n) is 2.30. The Kier molecular flexibility index (Phi) is 5.01. The van der Waals surface area contributed by atoms with Gasteiger partial charge in [0.05, 0.1) is 25.4 Å². The number of morpholine rings is 1. The lowest BCUT2D eigenvalue weighted by Crippen LogP contribution is -2.49. The summed E-state index contributed by atoms with van der Waals surface area (Å²) in [6.07, 6.45) is 0.360. The Balaban J connectivity index is 2.27. The monoisotopic (exact) mass is 216 g/mol. The van der Waals surface area contributed by atoms with Gasteiger partial charge >= 0.3 is 0 Å². The lowest BCUT2D eigenvalue weighted by molar-refractivity contribution is -0.126. The molecular formula is C10H20N2O3. The fourth-order valence-electron chi connectivity index (χ4n) is 1.87. The van der Waals surface area contributed by atoms with Crippen molar-refractivity contribution in [2.75, 3.05) is 32.8 Å². The molecule has 0 unspecified atom stereocenters. The van der Waals surface area contributed by atoms with E-state index >= 15 is 0 Å². The van der Waals surface area contributed by atoms with E-state index in [0.29, 0.717) is 13.1 Å². The van der Waals surface area contributed by atoms with Gasteiger partial charge in [0.2, 0.25) is 5.91 Å². The Morgan fingerprint density at radius 1 is 1.47 bits per heavy atom. The molecule has 0 aromatic heterocycles. The van der Waals surface area contributed by atoms with Gasteiger partial charge in [0, 0.05) is 19.6 Å². The molecular weight excluding hydrogens is 196 g/mol. The maximum absolute atomic E-state index is 11.4. The van der Waals surface area contributed by atoms with Crippen LogP contribution in [-0.4, -0.2) is 60.9 Å². The number of hydrogen-bond donors (Lipinski definition) is 2. The molecule has 0 spiro atoms. The largest absolute Gasteiger partial charge is 0.395 e. The lowest BCUT2D eigenvalue weighted by atomic mass is 10.2. The molecule has 2 atom stereocenters. The first-order valence-corrected chi connectivity index (χ1v) is 5.37. The van der Waals surface area contributed by atoms with Crippen molar-refractivity contribution in [1.82, 2.24) is 10.2 Å². The van der Waals surface area contributed by atoms with E-state index in [-0.39, 0.29) is 24.7 Å². The van der Waals surface area contributed by atoms with Crippen LogP contribution in [0, 0.1) is 0 Å². The maximum Gasteiger partial charge on any atom is 0.234 e. The first-order chi connectivity index (χ1) is 7.11. The summed E-state index contributed by atoms with van der Waals surface area (Å²) in [4.78, 5) is 13.5. The summed E-state index contributed by atoms with van der Waals surface area (Å²) in [7, 11) is 0. The molecule has 0 saturated carbocycles. The summed E-state index contributed by atoms with van der Waals surface area (Å²) >= 11 is 0. The van der Waals surface area contributed by atoms with E-state index in [4.69, 9.17) is 9.84 Å². The molecule has 0 aromatic carbocycles. The number of carbonyl (C=O) groups is 1. The predicted octanol–water partition coefficient (Wildman–Crippen LogP) is -0.796. The molecule has 0 aromatic rings. The fourth-order valence-corrected chi connectivity index (χ4v) is 1.87. The Bertz CT molecular complexity index is 201. The van der Waals surface area contributed by atoms with Crippen LogP contribution in [0.25, 0.3) is 0 Å². The molecule has 5 heteroatoms. The summed E-state index contributed by atoms with van der Waals surface area (Å²) in [6.45, 7) is 6.30. The average molecular weight is 216 g/mol. The zero-order valence-corrected chi connectivity index (χ0v) is 9.40. The van der Waals surface area contributed by atoms with E-state index in [0.717, 1.165) is 13.1 Å². The van der Waals surface area contributed by atoms with Crippen LogP contribution in [0.15, 0.2) is 0 Å². The molecule has 5 nitrogen and oxygen atoms in total. The highest BCUT2D eigenvalue weighted by molar-refractivity contribution is 5.77. The number of rotatable bonds is 4. The molecule has 1 fully saturated rings. The molecule has 1 heterocycles. The van der Waals surface area contributed by atoms with Gasteiger partial charge in [-0.1, -0.05) is 0 Å². The van der Waals surface area contributed by atoms with Crippen LogP contribution in [-0.2, 0) is 9.53 Å². The Morgan fingerprint density at radius 2 is 2.07 bits per heavy atom. The van der Waals surface area contributed by atoms with E-state index < -0.39 is 0 Å². The van der Waals surface area contributed by atoms with Crippen molar-refractivity contribution in [1.29, 1.82) is 0 Å². The van der Waals surface area contributed by atoms with Crippen LogP contribution in [0.1, 0.15) is 13.8 Å². The third kappa shape index (κ3) is 4.59. The zero-order chi connectivity index (χ0) is 11.3. The molecule has 1 rings (SSSR count). The summed E-state index contributed by atoms with van der Waals surface area (Å²) in [5, 5.41) is 11.2. The average Bonchev–Trinajstić information content (AvgIpc) is 2.13. The number of carbonyl (C=O) groups excluding carboxylic acids is 1. The van der Waals surface area contributed by atoms with Crippen LogP contribution < -0.4 is 5.32 Å². The molecule has 88 valence electrons. The Labute approximate surface area is 90.4 Å². The number of nitrogens with zero attached hydrogens (tertiary/aromatic N) is 1. The highest BCUT2D eigenvalue weighted by Gasteiger charge is 2.23. The van der Waals surface area contributed by atoms with Gasteiger partial charge < -0.3 is 15.2 Å². The minimum atomic E-state index is -0.0367. The highest BCUT2D eigenvalue weighted by Crippen LogP contribution is 2.09. The Hall–Kier alpha value is -0.650. The van der Waals surface area contributed by atoms with Gasteiger partial charge in [-0.25, -0.2) is 0 Å². The second-order valence-corrected chi connectivity index (χ2v) is 4.02. The van der Waals surface area contributed by atoms with Crippen LogP contribution in [0.2, 0.25) is 0 Å². The van der Waals surface area contributed by atoms with Crippen LogP contribution >= 0.6 is 0 Å². The van der Waals surface area contributed by atoms with Crippen molar-refractivity contribution in [3.05, 3.63) is 0 Å². The van der Waals surface area contributed by atoms with Crippen molar-refractivity contribution < 1.29 is 14.6 Å². The summed E-state index contributed by atoms with van der Waals surface area (Å²) in [5.74, 6) is -0.0367. The zero-order valence-electron chi connectivity index (χ0n) is 9.40. The third-order valence-corrected chi connectivity index (χ3v) is 2.30. The minimum Gasteiger partial charge on any atom is -0.395 e. The van der Waals surface area contributed by atoms with Gasteiger partial charge in [0.1, 0.15) is 0 Å². The number of aliphatic hydroxyl groups excluding tert-OH is 1. The molecule has 1 amide bonds. The van der Waals surface area contributed by atoms with Gasteiger partial charge in [-0.15, -0.1) is 0 Å². The van der Waals surface area contributed by atoms with E-state index in [2.05, 4.69) is 10.2 Å². The first kappa shape index (κ1) is 12.4. The van der Waals surface area contributed by atoms with Crippen molar-refractivity contribution in [3.8, 4) is 0 Å². The molecule has 1 aliphatic rings. The topological polar surface area (TPSA) is 61.8 Å². The van der Waals surface area contributed by atoms with Gasteiger partial charge in [0.25, 0.3) is 0 Å². The molecule has 1 aliphatic heterocycles. The van der Waals surface area contributed by atoms with Gasteiger partial charge in [-0.2, -0.15) is 0 Å². The smallest absolute Gasteiger partial charge is 0.234 e. The second-order valence-electron chi connectivity index (χ2n) is 4.02. The van der Waals surface area contributed by atoms with Crippen molar-refractivity contribution in [2.45, 2.75) is 26.1 Å². The van der Waals surface area contributed by atoms with E-state index in [9.17, 15) is 4.79 Å². The van der Waals surface area contributed by atoms with Crippen molar-refractivity contribution >= 4 is 5.91 Å². The molecule has 0 radical (unpaired) electrons. The normalized spacial score (nSPS) is 27.7. The summed E-state index contributed by atoms with van der Waals surface area (Å²) < 4.78 is 5.57. The molecule has 0 bridgehead atoms.